The summed E-state index contributed by atoms with van der Waals surface area (Å²) in [6.45, 7) is 5.92. The molecule has 0 spiro atoms. The number of methoxy groups -OCH3 is 1. The van der Waals surface area contributed by atoms with E-state index in [1.165, 1.54) is 11.4 Å². The first-order valence-corrected chi connectivity index (χ1v) is 11.6. The molecular weight excluding hydrogens is 426 g/mol. The second-order valence-corrected chi connectivity index (χ2v) is 9.84. The van der Waals surface area contributed by atoms with E-state index in [-0.39, 0.29) is 12.5 Å². The summed E-state index contributed by atoms with van der Waals surface area (Å²) in [6.07, 6.45) is 0. The van der Waals surface area contributed by atoms with E-state index in [0.29, 0.717) is 47.5 Å². The van der Waals surface area contributed by atoms with Gasteiger partial charge in [-0.1, -0.05) is 29.3 Å². The number of anilines is 1. The molecular formula is C21H27ClN3O4S+. The molecule has 30 heavy (non-hydrogen) atoms. The molecule has 0 saturated carbocycles. The van der Waals surface area contributed by atoms with Gasteiger partial charge in [-0.25, -0.2) is 8.42 Å². The van der Waals surface area contributed by atoms with Crippen molar-refractivity contribution in [2.75, 3.05) is 45.2 Å². The van der Waals surface area contributed by atoms with Crippen LogP contribution in [0.2, 0.25) is 5.02 Å². The van der Waals surface area contributed by atoms with Gasteiger partial charge in [0.2, 0.25) is 10.0 Å². The zero-order valence-corrected chi connectivity index (χ0v) is 18.9. The standard InChI is InChI=1S/C21H26ClN3O4S/c1-15-4-6-17(7-5-15)30(27,28)25-10-8-24(9-11-25)14-21(26)23-19-12-16(2)18(22)13-20(19)29-3/h4-7,12-13H,8-11,14H2,1-3H3,(H,23,26)/p+1. The van der Waals surface area contributed by atoms with Crippen molar-refractivity contribution in [3.05, 3.63) is 52.5 Å². The summed E-state index contributed by atoms with van der Waals surface area (Å²) in [5, 5.41) is 3.44. The maximum Gasteiger partial charge on any atom is 0.279 e. The molecule has 1 aliphatic heterocycles. The van der Waals surface area contributed by atoms with Crippen LogP contribution in [0.4, 0.5) is 5.69 Å². The quantitative estimate of drug-likeness (QED) is 0.696. The molecule has 2 aromatic rings. The molecule has 1 amide bonds. The highest BCUT2D eigenvalue weighted by Gasteiger charge is 2.31. The summed E-state index contributed by atoms with van der Waals surface area (Å²) >= 11 is 6.11. The predicted molar refractivity (Wildman–Crippen MR) is 117 cm³/mol. The van der Waals surface area contributed by atoms with Gasteiger partial charge in [-0.2, -0.15) is 4.31 Å². The van der Waals surface area contributed by atoms with E-state index in [4.69, 9.17) is 16.3 Å². The van der Waals surface area contributed by atoms with E-state index in [0.717, 1.165) is 16.0 Å². The van der Waals surface area contributed by atoms with E-state index < -0.39 is 10.0 Å². The van der Waals surface area contributed by atoms with Gasteiger partial charge in [-0.15, -0.1) is 0 Å². The topological polar surface area (TPSA) is 80.2 Å². The summed E-state index contributed by atoms with van der Waals surface area (Å²) in [7, 11) is -1.98. The number of piperazine rings is 1. The number of nitrogens with one attached hydrogen (secondary N) is 2. The molecule has 9 heteroatoms. The first-order chi connectivity index (χ1) is 14.2. The molecule has 1 heterocycles. The molecule has 0 bridgehead atoms. The van der Waals surface area contributed by atoms with Gasteiger partial charge in [0.1, 0.15) is 5.75 Å². The summed E-state index contributed by atoms with van der Waals surface area (Å²) in [5.41, 5.74) is 2.43. The number of quaternary nitrogens is 1. The van der Waals surface area contributed by atoms with E-state index in [1.807, 2.05) is 13.8 Å². The summed E-state index contributed by atoms with van der Waals surface area (Å²) in [4.78, 5) is 13.9. The fourth-order valence-corrected chi connectivity index (χ4v) is 5.03. The average molecular weight is 453 g/mol. The van der Waals surface area contributed by atoms with E-state index in [2.05, 4.69) is 5.32 Å². The Morgan fingerprint density at radius 3 is 2.40 bits per heavy atom. The Bertz CT molecular complexity index is 1020. The third-order valence-corrected chi connectivity index (χ3v) is 7.57. The molecule has 3 rings (SSSR count). The van der Waals surface area contributed by atoms with Crippen LogP contribution in [0.15, 0.2) is 41.3 Å². The summed E-state index contributed by atoms with van der Waals surface area (Å²) < 4.78 is 32.4. The van der Waals surface area contributed by atoms with Crippen molar-refractivity contribution >= 4 is 33.2 Å². The lowest BCUT2D eigenvalue weighted by atomic mass is 10.2. The smallest absolute Gasteiger partial charge is 0.279 e. The predicted octanol–water partition coefficient (Wildman–Crippen LogP) is 1.49. The molecule has 0 aliphatic carbocycles. The van der Waals surface area contributed by atoms with Gasteiger partial charge in [0, 0.05) is 11.1 Å². The number of sulfonamides is 1. The largest absolute Gasteiger partial charge is 0.495 e. The maximum absolute atomic E-state index is 12.8. The third-order valence-electron chi connectivity index (χ3n) is 5.25. The van der Waals surface area contributed by atoms with Crippen molar-refractivity contribution in [1.82, 2.24) is 4.31 Å². The average Bonchev–Trinajstić information content (AvgIpc) is 2.71. The lowest BCUT2D eigenvalue weighted by Crippen LogP contribution is -3.15. The van der Waals surface area contributed by atoms with Gasteiger partial charge in [0.05, 0.1) is 43.9 Å². The molecule has 2 aromatic carbocycles. The van der Waals surface area contributed by atoms with Crippen LogP contribution in [0.5, 0.6) is 5.75 Å². The van der Waals surface area contributed by atoms with Crippen molar-refractivity contribution in [3.8, 4) is 5.75 Å². The molecule has 1 saturated heterocycles. The number of ether oxygens (including phenoxy) is 1. The van der Waals surface area contributed by atoms with Gasteiger partial charge < -0.3 is 15.0 Å². The first kappa shape index (κ1) is 22.6. The van der Waals surface area contributed by atoms with E-state index >= 15 is 0 Å². The number of hydrogen-bond donors (Lipinski definition) is 2. The van der Waals surface area contributed by atoms with Gasteiger partial charge in [0.15, 0.2) is 6.54 Å². The highest BCUT2D eigenvalue weighted by atomic mass is 35.5. The van der Waals surface area contributed by atoms with Crippen molar-refractivity contribution in [2.45, 2.75) is 18.7 Å². The van der Waals surface area contributed by atoms with Crippen LogP contribution in [0, 0.1) is 13.8 Å². The fraction of sp³-hybridized carbons (Fsp3) is 0.381. The van der Waals surface area contributed by atoms with Crippen LogP contribution < -0.4 is 15.0 Å². The number of halogens is 1. The van der Waals surface area contributed by atoms with Crippen molar-refractivity contribution in [2.24, 2.45) is 0 Å². The Balaban J connectivity index is 1.58. The van der Waals surface area contributed by atoms with Crippen LogP contribution in [0.1, 0.15) is 11.1 Å². The Hall–Kier alpha value is -2.13. The van der Waals surface area contributed by atoms with Gasteiger partial charge in [-0.05, 0) is 37.6 Å². The molecule has 0 unspecified atom stereocenters. The normalized spacial score (nSPS) is 15.7. The highest BCUT2D eigenvalue weighted by Crippen LogP contribution is 2.30. The monoisotopic (exact) mass is 452 g/mol. The van der Waals surface area contributed by atoms with Crippen LogP contribution in [0.25, 0.3) is 0 Å². The molecule has 2 N–H and O–H groups in total. The van der Waals surface area contributed by atoms with Gasteiger partial charge >= 0.3 is 0 Å². The molecule has 0 atom stereocenters. The van der Waals surface area contributed by atoms with Gasteiger partial charge in [0.25, 0.3) is 5.91 Å². The lowest BCUT2D eigenvalue weighted by Gasteiger charge is -2.31. The second-order valence-electron chi connectivity index (χ2n) is 7.49. The molecule has 1 aliphatic rings. The maximum atomic E-state index is 12.8. The van der Waals surface area contributed by atoms with Gasteiger partial charge in [-0.3, -0.25) is 4.79 Å². The molecule has 162 valence electrons. The first-order valence-electron chi connectivity index (χ1n) is 9.75. The summed E-state index contributed by atoms with van der Waals surface area (Å²) in [5.74, 6) is 0.350. The number of carbonyl (C=O) groups is 1. The van der Waals surface area contributed by atoms with Crippen LogP contribution in [-0.4, -0.2) is 58.5 Å². The fourth-order valence-electron chi connectivity index (χ4n) is 3.43. The highest BCUT2D eigenvalue weighted by molar-refractivity contribution is 7.89. The Labute approximate surface area is 182 Å². The Morgan fingerprint density at radius 1 is 1.17 bits per heavy atom. The minimum absolute atomic E-state index is 0.153. The molecule has 1 fully saturated rings. The van der Waals surface area contributed by atoms with Crippen LogP contribution in [0.3, 0.4) is 0 Å². The molecule has 7 nitrogen and oxygen atoms in total. The summed E-state index contributed by atoms with van der Waals surface area (Å²) in [6, 6.07) is 10.3. The molecule has 0 aromatic heterocycles. The number of aryl methyl sites for hydroxylation is 2. The van der Waals surface area contributed by atoms with Crippen LogP contribution >= 0.6 is 11.6 Å². The second kappa shape index (κ2) is 9.34. The van der Waals surface area contributed by atoms with E-state index in [9.17, 15) is 13.2 Å². The zero-order valence-electron chi connectivity index (χ0n) is 17.4. The number of rotatable bonds is 6. The van der Waals surface area contributed by atoms with Crippen molar-refractivity contribution in [1.29, 1.82) is 0 Å². The number of amides is 1. The Kier molecular flexibility index (Phi) is 7.02. The SMILES string of the molecule is COc1cc(Cl)c(C)cc1NC(=O)C[NH+]1CCN(S(=O)(=O)c2ccc(C)cc2)CC1. The van der Waals surface area contributed by atoms with Crippen molar-refractivity contribution in [3.63, 3.8) is 0 Å². The zero-order chi connectivity index (χ0) is 21.9. The number of nitrogens with zero attached hydrogens (tertiary/aromatic N) is 1. The number of hydrogen-bond acceptors (Lipinski definition) is 4. The minimum Gasteiger partial charge on any atom is -0.495 e. The number of carbonyl (C=O) groups excluding carboxylic acids is 1. The Morgan fingerprint density at radius 2 is 1.80 bits per heavy atom. The van der Waals surface area contributed by atoms with Crippen LogP contribution in [-0.2, 0) is 14.8 Å². The third kappa shape index (κ3) is 5.13. The van der Waals surface area contributed by atoms with Crippen molar-refractivity contribution < 1.29 is 22.8 Å². The van der Waals surface area contributed by atoms with E-state index in [1.54, 1.807) is 36.4 Å². The number of benzene rings is 2. The molecule has 0 radical (unpaired) electrons. The minimum atomic E-state index is -3.51. The lowest BCUT2D eigenvalue weighted by molar-refractivity contribution is -0.895.